The second-order valence-corrected chi connectivity index (χ2v) is 6.44. The Balaban J connectivity index is 2.58. The van der Waals surface area contributed by atoms with Crippen LogP contribution in [0, 0.1) is 5.82 Å². The van der Waals surface area contributed by atoms with Crippen molar-refractivity contribution in [3.05, 3.63) is 28.2 Å². The Morgan fingerprint density at radius 2 is 2.15 bits per heavy atom. The number of aromatic nitrogens is 2. The lowest BCUT2D eigenvalue weighted by atomic mass is 10.2. The topological polar surface area (TPSA) is 21.1 Å². The highest BCUT2D eigenvalue weighted by Crippen LogP contribution is 2.27. The minimum atomic E-state index is -0.292. The highest BCUT2D eigenvalue weighted by molar-refractivity contribution is 9.10. The lowest BCUT2D eigenvalue weighted by Crippen LogP contribution is -2.23. The number of rotatable bonds is 5. The van der Waals surface area contributed by atoms with E-state index in [2.05, 4.69) is 37.3 Å². The summed E-state index contributed by atoms with van der Waals surface area (Å²) in [6.07, 6.45) is 0.674. The Kier molecular flexibility index (Phi) is 5.04. The molecule has 20 heavy (non-hydrogen) atoms. The van der Waals surface area contributed by atoms with Crippen molar-refractivity contribution in [1.29, 1.82) is 0 Å². The van der Waals surface area contributed by atoms with E-state index in [1.54, 1.807) is 6.07 Å². The Morgan fingerprint density at radius 3 is 2.75 bits per heavy atom. The predicted octanol–water partition coefficient (Wildman–Crippen LogP) is 3.84. The molecule has 0 saturated heterocycles. The number of aryl methyl sites for hydroxylation is 1. The molecule has 2 rings (SSSR count). The van der Waals surface area contributed by atoms with Crippen molar-refractivity contribution in [3.63, 3.8) is 0 Å². The van der Waals surface area contributed by atoms with Crippen LogP contribution in [0.5, 0.6) is 0 Å². The number of hydrogen-bond donors (Lipinski definition) is 0. The lowest BCUT2D eigenvalue weighted by molar-refractivity contribution is 0.337. The molecule has 0 N–H and O–H groups in total. The normalized spacial score (nSPS) is 13.3. The fourth-order valence-electron chi connectivity index (χ4n) is 2.50. The van der Waals surface area contributed by atoms with Crippen LogP contribution < -0.4 is 0 Å². The van der Waals surface area contributed by atoms with Crippen LogP contribution in [0.4, 0.5) is 4.39 Å². The molecule has 1 aromatic heterocycles. The van der Waals surface area contributed by atoms with Crippen molar-refractivity contribution in [2.24, 2.45) is 0 Å². The summed E-state index contributed by atoms with van der Waals surface area (Å²) >= 11 is 9.11. The maximum atomic E-state index is 13.7. The molecule has 0 spiro atoms. The summed E-state index contributed by atoms with van der Waals surface area (Å²) in [4.78, 5) is 6.66. The van der Waals surface area contributed by atoms with Gasteiger partial charge in [-0.15, -0.1) is 11.6 Å². The van der Waals surface area contributed by atoms with Crippen LogP contribution in [-0.2, 0) is 6.42 Å². The number of imidazole rings is 1. The van der Waals surface area contributed by atoms with Crippen LogP contribution >= 0.6 is 27.5 Å². The highest BCUT2D eigenvalue weighted by Gasteiger charge is 2.17. The molecule has 1 atom stereocenters. The van der Waals surface area contributed by atoms with E-state index in [9.17, 15) is 4.39 Å². The molecule has 0 aliphatic carbocycles. The Morgan fingerprint density at radius 1 is 1.45 bits per heavy atom. The Labute approximate surface area is 131 Å². The molecule has 0 aliphatic heterocycles. The maximum absolute atomic E-state index is 13.7. The summed E-state index contributed by atoms with van der Waals surface area (Å²) in [7, 11) is 4.07. The van der Waals surface area contributed by atoms with Gasteiger partial charge >= 0.3 is 0 Å². The standard InChI is InChI=1S/C14H18BrClFN3/c1-9(8-19(2)3)20-13-6-10(15)11(17)7-12(13)18-14(20)4-5-16/h6-7,9H,4-5,8H2,1-3H3. The molecule has 0 radical (unpaired) electrons. The number of likely N-dealkylation sites (N-methyl/N-ethyl adjacent to an activating group) is 1. The number of benzene rings is 1. The van der Waals surface area contributed by atoms with Gasteiger partial charge < -0.3 is 9.47 Å². The summed E-state index contributed by atoms with van der Waals surface area (Å²) in [5.41, 5.74) is 1.61. The first-order chi connectivity index (χ1) is 9.43. The number of hydrogen-bond acceptors (Lipinski definition) is 2. The van der Waals surface area contributed by atoms with E-state index >= 15 is 0 Å². The molecule has 1 aromatic carbocycles. The fourth-order valence-corrected chi connectivity index (χ4v) is 3.00. The molecule has 3 nitrogen and oxygen atoms in total. The van der Waals surface area contributed by atoms with Gasteiger partial charge in [-0.05, 0) is 43.0 Å². The lowest BCUT2D eigenvalue weighted by Gasteiger charge is -2.21. The summed E-state index contributed by atoms with van der Waals surface area (Å²) in [6.45, 7) is 3.02. The largest absolute Gasteiger partial charge is 0.324 e. The van der Waals surface area contributed by atoms with E-state index in [4.69, 9.17) is 11.6 Å². The average molecular weight is 363 g/mol. The van der Waals surface area contributed by atoms with Crippen molar-refractivity contribution in [2.45, 2.75) is 19.4 Å². The van der Waals surface area contributed by atoms with Crippen LogP contribution in [-0.4, -0.2) is 41.0 Å². The molecule has 1 unspecified atom stereocenters. The van der Waals surface area contributed by atoms with E-state index in [0.29, 0.717) is 22.3 Å². The van der Waals surface area contributed by atoms with E-state index in [1.807, 2.05) is 14.1 Å². The van der Waals surface area contributed by atoms with Crippen LogP contribution in [0.3, 0.4) is 0 Å². The van der Waals surface area contributed by atoms with Gasteiger partial charge in [0, 0.05) is 31.0 Å². The van der Waals surface area contributed by atoms with Crippen LogP contribution in [0.2, 0.25) is 0 Å². The molecule has 110 valence electrons. The van der Waals surface area contributed by atoms with Gasteiger partial charge in [0.2, 0.25) is 0 Å². The van der Waals surface area contributed by atoms with Crippen LogP contribution in [0.15, 0.2) is 16.6 Å². The second-order valence-electron chi connectivity index (χ2n) is 5.20. The summed E-state index contributed by atoms with van der Waals surface area (Å²) in [5.74, 6) is 1.11. The second kappa shape index (κ2) is 6.41. The summed E-state index contributed by atoms with van der Waals surface area (Å²) in [5, 5.41) is 0. The highest BCUT2D eigenvalue weighted by atomic mass is 79.9. The third kappa shape index (κ3) is 3.15. The zero-order valence-corrected chi connectivity index (χ0v) is 14.2. The SMILES string of the molecule is CC(CN(C)C)n1c(CCCl)nc2cc(F)c(Br)cc21. The molecule has 2 aromatic rings. The number of nitrogens with zero attached hydrogens (tertiary/aromatic N) is 3. The van der Waals surface area contributed by atoms with Crippen molar-refractivity contribution in [3.8, 4) is 0 Å². The van der Waals surface area contributed by atoms with Gasteiger partial charge in [0.1, 0.15) is 11.6 Å². The van der Waals surface area contributed by atoms with Crippen molar-refractivity contribution in [1.82, 2.24) is 14.5 Å². The van der Waals surface area contributed by atoms with Gasteiger partial charge in [0.25, 0.3) is 0 Å². The number of fused-ring (bicyclic) bond motifs is 1. The van der Waals surface area contributed by atoms with Crippen molar-refractivity contribution >= 4 is 38.6 Å². The number of halogens is 3. The maximum Gasteiger partial charge on any atom is 0.139 e. The smallest absolute Gasteiger partial charge is 0.139 e. The third-order valence-corrected chi connectivity index (χ3v) is 3.99. The van der Waals surface area contributed by atoms with Crippen molar-refractivity contribution < 1.29 is 4.39 Å². The molecule has 6 heteroatoms. The van der Waals surface area contributed by atoms with E-state index in [0.717, 1.165) is 17.9 Å². The van der Waals surface area contributed by atoms with E-state index in [-0.39, 0.29) is 11.9 Å². The first kappa shape index (κ1) is 15.7. The molecular weight excluding hydrogens is 345 g/mol. The van der Waals surface area contributed by atoms with E-state index < -0.39 is 0 Å². The molecule has 0 bridgehead atoms. The Hall–Kier alpha value is -0.650. The molecule has 0 aliphatic rings. The Bertz CT molecular complexity index is 612. The van der Waals surface area contributed by atoms with Crippen LogP contribution in [0.1, 0.15) is 18.8 Å². The molecule has 0 fully saturated rings. The van der Waals surface area contributed by atoms with Gasteiger partial charge in [-0.25, -0.2) is 9.37 Å². The molecule has 1 heterocycles. The van der Waals surface area contributed by atoms with E-state index in [1.165, 1.54) is 6.07 Å². The third-order valence-electron chi connectivity index (χ3n) is 3.19. The van der Waals surface area contributed by atoms with Crippen LogP contribution in [0.25, 0.3) is 11.0 Å². The van der Waals surface area contributed by atoms with Gasteiger partial charge in [0.15, 0.2) is 0 Å². The molecule has 0 saturated carbocycles. The summed E-state index contributed by atoms with van der Waals surface area (Å²) in [6, 6.07) is 3.50. The zero-order chi connectivity index (χ0) is 14.9. The van der Waals surface area contributed by atoms with Gasteiger partial charge in [-0.3, -0.25) is 0 Å². The molecular formula is C14H18BrClFN3. The minimum Gasteiger partial charge on any atom is -0.324 e. The first-order valence-electron chi connectivity index (χ1n) is 6.50. The molecule has 0 amide bonds. The fraction of sp³-hybridized carbons (Fsp3) is 0.500. The number of alkyl halides is 1. The van der Waals surface area contributed by atoms with Crippen molar-refractivity contribution in [2.75, 3.05) is 26.5 Å². The predicted molar refractivity (Wildman–Crippen MR) is 85.1 cm³/mol. The first-order valence-corrected chi connectivity index (χ1v) is 7.83. The minimum absolute atomic E-state index is 0.241. The zero-order valence-electron chi connectivity index (χ0n) is 11.8. The van der Waals surface area contributed by atoms with Gasteiger partial charge in [-0.1, -0.05) is 0 Å². The quantitative estimate of drug-likeness (QED) is 0.754. The van der Waals surface area contributed by atoms with Gasteiger partial charge in [-0.2, -0.15) is 0 Å². The average Bonchev–Trinajstić information content (AvgIpc) is 2.67. The monoisotopic (exact) mass is 361 g/mol. The van der Waals surface area contributed by atoms with Gasteiger partial charge in [0.05, 0.1) is 15.5 Å². The summed E-state index contributed by atoms with van der Waals surface area (Å²) < 4.78 is 16.3.